The van der Waals surface area contributed by atoms with Crippen LogP contribution in [0.1, 0.15) is 23.7 Å². The number of carbonyl (C=O) groups excluding carboxylic acids is 1. The maximum Gasteiger partial charge on any atom is 0.271 e. The Labute approximate surface area is 141 Å². The normalized spacial score (nSPS) is 11.2. The second kappa shape index (κ2) is 7.26. The van der Waals surface area contributed by atoms with Crippen molar-refractivity contribution in [1.82, 2.24) is 5.32 Å². The molecule has 118 valence electrons. The number of thiophene rings is 1. The summed E-state index contributed by atoms with van der Waals surface area (Å²) in [5.41, 5.74) is 0.566. The molecule has 22 heavy (non-hydrogen) atoms. The third kappa shape index (κ3) is 4.08. The molecule has 0 bridgehead atoms. The predicted octanol–water partition coefficient (Wildman–Crippen LogP) is 3.45. The summed E-state index contributed by atoms with van der Waals surface area (Å²) in [6.07, 6.45) is 0.808. The molecule has 0 radical (unpaired) electrons. The molecule has 0 aliphatic rings. The maximum absolute atomic E-state index is 12.4. The summed E-state index contributed by atoms with van der Waals surface area (Å²) < 4.78 is 28.1. The SMILES string of the molecule is CCCNC(=O)c1ccccc1NS(=O)(=O)c1ccc(Br)s1. The van der Waals surface area contributed by atoms with E-state index < -0.39 is 10.0 Å². The number of anilines is 1. The van der Waals surface area contributed by atoms with Crippen LogP contribution in [0, 0.1) is 0 Å². The lowest BCUT2D eigenvalue weighted by atomic mass is 10.1. The molecule has 2 N–H and O–H groups in total. The van der Waals surface area contributed by atoms with Gasteiger partial charge in [0.25, 0.3) is 15.9 Å². The monoisotopic (exact) mass is 402 g/mol. The van der Waals surface area contributed by atoms with E-state index in [4.69, 9.17) is 0 Å². The molecule has 0 unspecified atom stereocenters. The van der Waals surface area contributed by atoms with Gasteiger partial charge in [-0.05, 0) is 46.6 Å². The average Bonchev–Trinajstić information content (AvgIpc) is 2.92. The molecular weight excluding hydrogens is 388 g/mol. The van der Waals surface area contributed by atoms with E-state index in [9.17, 15) is 13.2 Å². The number of rotatable bonds is 6. The maximum atomic E-state index is 12.4. The Bertz CT molecular complexity index is 772. The highest BCUT2D eigenvalue weighted by molar-refractivity contribution is 9.11. The fourth-order valence-corrected chi connectivity index (χ4v) is 4.83. The van der Waals surface area contributed by atoms with E-state index in [2.05, 4.69) is 26.0 Å². The van der Waals surface area contributed by atoms with Gasteiger partial charge in [-0.1, -0.05) is 19.1 Å². The topological polar surface area (TPSA) is 75.3 Å². The van der Waals surface area contributed by atoms with E-state index in [1.165, 1.54) is 6.07 Å². The third-order valence-electron chi connectivity index (χ3n) is 2.76. The Morgan fingerprint density at radius 1 is 1.23 bits per heavy atom. The van der Waals surface area contributed by atoms with Crippen molar-refractivity contribution in [3.63, 3.8) is 0 Å². The molecule has 1 amide bonds. The highest BCUT2D eigenvalue weighted by atomic mass is 79.9. The van der Waals surface area contributed by atoms with Crippen LogP contribution in [-0.4, -0.2) is 20.9 Å². The Morgan fingerprint density at radius 3 is 2.59 bits per heavy atom. The second-order valence-electron chi connectivity index (χ2n) is 4.47. The van der Waals surface area contributed by atoms with Crippen molar-refractivity contribution < 1.29 is 13.2 Å². The van der Waals surface area contributed by atoms with Gasteiger partial charge in [-0.25, -0.2) is 8.42 Å². The van der Waals surface area contributed by atoms with Gasteiger partial charge in [0.2, 0.25) is 0 Å². The molecule has 0 atom stereocenters. The Hall–Kier alpha value is -1.38. The number of nitrogens with one attached hydrogen (secondary N) is 2. The second-order valence-corrected chi connectivity index (χ2v) is 8.84. The summed E-state index contributed by atoms with van der Waals surface area (Å²) in [6.45, 7) is 2.49. The summed E-state index contributed by atoms with van der Waals surface area (Å²) in [7, 11) is -3.71. The molecule has 5 nitrogen and oxygen atoms in total. The van der Waals surface area contributed by atoms with Crippen LogP contribution in [0.4, 0.5) is 5.69 Å². The van der Waals surface area contributed by atoms with Gasteiger partial charge in [0.1, 0.15) is 4.21 Å². The Balaban J connectivity index is 2.28. The van der Waals surface area contributed by atoms with Gasteiger partial charge in [-0.15, -0.1) is 11.3 Å². The van der Waals surface area contributed by atoms with Gasteiger partial charge in [-0.3, -0.25) is 9.52 Å². The predicted molar refractivity (Wildman–Crippen MR) is 91.9 cm³/mol. The minimum atomic E-state index is -3.71. The molecule has 1 aromatic heterocycles. The first-order valence-corrected chi connectivity index (χ1v) is 9.68. The van der Waals surface area contributed by atoms with E-state index in [1.54, 1.807) is 30.3 Å². The van der Waals surface area contributed by atoms with Crippen LogP contribution in [0.25, 0.3) is 0 Å². The molecule has 1 aromatic carbocycles. The number of halogens is 1. The zero-order valence-electron chi connectivity index (χ0n) is 11.8. The fraction of sp³-hybridized carbons (Fsp3) is 0.214. The summed E-state index contributed by atoms with van der Waals surface area (Å²) in [5, 5.41) is 2.74. The zero-order valence-corrected chi connectivity index (χ0v) is 15.0. The van der Waals surface area contributed by atoms with Crippen molar-refractivity contribution in [3.05, 3.63) is 45.7 Å². The molecule has 2 rings (SSSR count). The zero-order chi connectivity index (χ0) is 16.2. The van der Waals surface area contributed by atoms with Gasteiger partial charge in [-0.2, -0.15) is 0 Å². The summed E-state index contributed by atoms with van der Waals surface area (Å²) >= 11 is 4.35. The largest absolute Gasteiger partial charge is 0.352 e. The number of para-hydroxylation sites is 1. The summed E-state index contributed by atoms with van der Waals surface area (Å²) in [6, 6.07) is 9.71. The Kier molecular flexibility index (Phi) is 5.60. The van der Waals surface area contributed by atoms with Gasteiger partial charge < -0.3 is 5.32 Å². The van der Waals surface area contributed by atoms with Gasteiger partial charge in [0.05, 0.1) is 15.0 Å². The first-order chi connectivity index (χ1) is 10.4. The fourth-order valence-electron chi connectivity index (χ4n) is 1.74. The first kappa shape index (κ1) is 17.0. The van der Waals surface area contributed by atoms with Crippen molar-refractivity contribution in [2.24, 2.45) is 0 Å². The van der Waals surface area contributed by atoms with Gasteiger partial charge >= 0.3 is 0 Å². The summed E-state index contributed by atoms with van der Waals surface area (Å²) in [5.74, 6) is -0.299. The van der Waals surface area contributed by atoms with Crippen LogP contribution in [0.2, 0.25) is 0 Å². The molecule has 0 fully saturated rings. The van der Waals surface area contributed by atoms with E-state index in [0.717, 1.165) is 21.5 Å². The van der Waals surface area contributed by atoms with Gasteiger partial charge in [0, 0.05) is 6.54 Å². The smallest absolute Gasteiger partial charge is 0.271 e. The van der Waals surface area contributed by atoms with Crippen LogP contribution in [-0.2, 0) is 10.0 Å². The molecule has 0 aliphatic heterocycles. The standard InChI is InChI=1S/C14H15BrN2O3S2/c1-2-9-16-14(18)10-5-3-4-6-11(10)17-22(19,20)13-8-7-12(15)21-13/h3-8,17H,2,9H2,1H3,(H,16,18). The van der Waals surface area contributed by atoms with Crippen LogP contribution in [0.3, 0.4) is 0 Å². The van der Waals surface area contributed by atoms with Crippen molar-refractivity contribution in [2.45, 2.75) is 17.6 Å². The third-order valence-corrected chi connectivity index (χ3v) is 6.25. The quantitative estimate of drug-likeness (QED) is 0.776. The highest BCUT2D eigenvalue weighted by Gasteiger charge is 2.19. The number of amides is 1. The van der Waals surface area contributed by atoms with Crippen molar-refractivity contribution in [3.8, 4) is 0 Å². The van der Waals surface area contributed by atoms with Crippen LogP contribution < -0.4 is 10.0 Å². The average molecular weight is 403 g/mol. The molecular formula is C14H15BrN2O3S2. The van der Waals surface area contributed by atoms with Crippen LogP contribution >= 0.6 is 27.3 Å². The van der Waals surface area contributed by atoms with E-state index in [-0.39, 0.29) is 15.8 Å². The molecule has 0 aliphatic carbocycles. The van der Waals surface area contributed by atoms with Crippen molar-refractivity contribution in [1.29, 1.82) is 0 Å². The molecule has 2 aromatic rings. The van der Waals surface area contributed by atoms with Gasteiger partial charge in [0.15, 0.2) is 0 Å². The highest BCUT2D eigenvalue weighted by Crippen LogP contribution is 2.28. The van der Waals surface area contributed by atoms with Crippen molar-refractivity contribution >= 4 is 48.9 Å². The molecule has 1 heterocycles. The first-order valence-electron chi connectivity index (χ1n) is 6.59. The minimum absolute atomic E-state index is 0.183. The lowest BCUT2D eigenvalue weighted by Gasteiger charge is -2.11. The molecule has 0 spiro atoms. The van der Waals surface area contributed by atoms with E-state index >= 15 is 0 Å². The number of hydrogen-bond acceptors (Lipinski definition) is 4. The van der Waals surface area contributed by atoms with E-state index in [0.29, 0.717) is 12.1 Å². The van der Waals surface area contributed by atoms with E-state index in [1.807, 2.05) is 6.92 Å². The number of carbonyl (C=O) groups is 1. The molecule has 0 saturated carbocycles. The lowest BCUT2D eigenvalue weighted by Crippen LogP contribution is -2.25. The van der Waals surface area contributed by atoms with Crippen LogP contribution in [0.15, 0.2) is 44.4 Å². The lowest BCUT2D eigenvalue weighted by molar-refractivity contribution is 0.0954. The van der Waals surface area contributed by atoms with Crippen LogP contribution in [0.5, 0.6) is 0 Å². The molecule has 0 saturated heterocycles. The number of sulfonamides is 1. The van der Waals surface area contributed by atoms with Crippen molar-refractivity contribution in [2.75, 3.05) is 11.3 Å². The number of hydrogen-bond donors (Lipinski definition) is 2. The number of benzene rings is 1. The molecule has 8 heteroatoms. The Morgan fingerprint density at radius 2 is 1.95 bits per heavy atom. The summed E-state index contributed by atoms with van der Waals surface area (Å²) in [4.78, 5) is 12.1. The minimum Gasteiger partial charge on any atom is -0.352 e.